The number of hydrogen-bond donors (Lipinski definition) is 0. The van der Waals surface area contributed by atoms with Gasteiger partial charge in [-0.1, -0.05) is 33.6 Å². The van der Waals surface area contributed by atoms with Crippen molar-refractivity contribution < 1.29 is 21.2 Å². The van der Waals surface area contributed by atoms with Gasteiger partial charge in [-0.05, 0) is 36.4 Å². The Morgan fingerprint density at radius 2 is 1.48 bits per heavy atom. The summed E-state index contributed by atoms with van der Waals surface area (Å²) < 4.78 is 67.2. The zero-order valence-corrected chi connectivity index (χ0v) is 17.8. The Kier molecular flexibility index (Phi) is 5.95. The van der Waals surface area contributed by atoms with Gasteiger partial charge in [-0.2, -0.15) is 8.61 Å². The monoisotopic (exact) mass is 496 g/mol. The van der Waals surface area contributed by atoms with Crippen molar-refractivity contribution in [3.8, 4) is 0 Å². The van der Waals surface area contributed by atoms with Crippen LogP contribution in [0.5, 0.6) is 0 Å². The van der Waals surface area contributed by atoms with Crippen LogP contribution in [0.3, 0.4) is 0 Å². The zero-order valence-electron chi connectivity index (χ0n) is 13.8. The van der Waals surface area contributed by atoms with E-state index in [-0.39, 0.29) is 41.0 Å². The Balaban J connectivity index is 1.79. The lowest BCUT2D eigenvalue weighted by Crippen LogP contribution is -2.50. The highest BCUT2D eigenvalue weighted by molar-refractivity contribution is 9.10. The van der Waals surface area contributed by atoms with E-state index in [0.29, 0.717) is 4.47 Å². The summed E-state index contributed by atoms with van der Waals surface area (Å²) in [6.07, 6.45) is 0. The van der Waals surface area contributed by atoms with Crippen LogP contribution in [0, 0.1) is 5.82 Å². The summed E-state index contributed by atoms with van der Waals surface area (Å²) in [6.45, 7) is -0.120. The minimum Gasteiger partial charge on any atom is -0.207 e. The van der Waals surface area contributed by atoms with Crippen LogP contribution in [0.25, 0.3) is 0 Å². The molecule has 1 fully saturated rings. The molecule has 0 bridgehead atoms. The molecule has 0 aliphatic carbocycles. The van der Waals surface area contributed by atoms with E-state index >= 15 is 0 Å². The molecule has 0 amide bonds. The second-order valence-corrected chi connectivity index (χ2v) is 11.0. The standard InChI is InChI=1S/C16H15BrClFN2O4S2/c17-12-4-5-16(15(18)10-12)27(24,25)21-8-6-20(7-9-21)26(22,23)14-3-1-2-13(19)11-14/h1-5,10-11H,6-9H2. The number of nitrogens with zero attached hydrogens (tertiary/aromatic N) is 2. The smallest absolute Gasteiger partial charge is 0.207 e. The van der Waals surface area contributed by atoms with Crippen molar-refractivity contribution in [1.29, 1.82) is 0 Å². The van der Waals surface area contributed by atoms with Gasteiger partial charge >= 0.3 is 0 Å². The van der Waals surface area contributed by atoms with Gasteiger partial charge in [-0.3, -0.25) is 0 Å². The molecule has 1 aliphatic rings. The topological polar surface area (TPSA) is 74.8 Å². The van der Waals surface area contributed by atoms with Crippen molar-refractivity contribution in [1.82, 2.24) is 8.61 Å². The van der Waals surface area contributed by atoms with Crippen LogP contribution in [0.2, 0.25) is 5.02 Å². The van der Waals surface area contributed by atoms with E-state index in [1.165, 1.54) is 28.6 Å². The third-order valence-electron chi connectivity index (χ3n) is 4.14. The van der Waals surface area contributed by atoms with Crippen LogP contribution in [0.15, 0.2) is 56.7 Å². The van der Waals surface area contributed by atoms with Crippen LogP contribution in [-0.4, -0.2) is 51.6 Å². The molecular weight excluding hydrogens is 483 g/mol. The fourth-order valence-corrected chi connectivity index (χ4v) is 6.64. The van der Waals surface area contributed by atoms with E-state index in [1.54, 1.807) is 6.07 Å². The normalized spacial score (nSPS) is 17.1. The molecule has 2 aromatic rings. The van der Waals surface area contributed by atoms with Crippen LogP contribution in [0.4, 0.5) is 4.39 Å². The highest BCUT2D eigenvalue weighted by Gasteiger charge is 2.34. The predicted molar refractivity (Wildman–Crippen MR) is 103 cm³/mol. The minimum absolute atomic E-state index is 0.0245. The van der Waals surface area contributed by atoms with Gasteiger partial charge in [0.25, 0.3) is 0 Å². The van der Waals surface area contributed by atoms with Crippen LogP contribution in [0.1, 0.15) is 0 Å². The molecule has 11 heteroatoms. The van der Waals surface area contributed by atoms with Crippen LogP contribution < -0.4 is 0 Å². The van der Waals surface area contributed by atoms with Crippen LogP contribution >= 0.6 is 27.5 Å². The van der Waals surface area contributed by atoms with Gasteiger partial charge in [0.05, 0.1) is 9.92 Å². The SMILES string of the molecule is O=S(=O)(c1cccc(F)c1)N1CCN(S(=O)(=O)c2ccc(Br)cc2Cl)CC1. The maximum atomic E-state index is 13.4. The lowest BCUT2D eigenvalue weighted by molar-refractivity contribution is 0.273. The van der Waals surface area contributed by atoms with Crippen molar-refractivity contribution in [3.05, 3.63) is 57.8 Å². The third kappa shape index (κ3) is 4.20. The average Bonchev–Trinajstić information content (AvgIpc) is 2.61. The molecule has 1 saturated heterocycles. The Morgan fingerprint density at radius 3 is 2.04 bits per heavy atom. The summed E-state index contributed by atoms with van der Waals surface area (Å²) >= 11 is 9.27. The first-order chi connectivity index (χ1) is 12.6. The van der Waals surface area contributed by atoms with Gasteiger partial charge in [0.1, 0.15) is 10.7 Å². The summed E-state index contributed by atoms with van der Waals surface area (Å²) in [5, 5.41) is 0.0826. The number of rotatable bonds is 4. The van der Waals surface area contributed by atoms with Gasteiger partial charge in [0, 0.05) is 30.7 Å². The first kappa shape index (κ1) is 20.7. The summed E-state index contributed by atoms with van der Waals surface area (Å²) in [4.78, 5) is -0.191. The second-order valence-electron chi connectivity index (χ2n) is 5.84. The molecule has 6 nitrogen and oxygen atoms in total. The largest absolute Gasteiger partial charge is 0.244 e. The number of halogens is 3. The van der Waals surface area contributed by atoms with Crippen LogP contribution in [-0.2, 0) is 20.0 Å². The highest BCUT2D eigenvalue weighted by Crippen LogP contribution is 2.29. The fourth-order valence-electron chi connectivity index (χ4n) is 2.75. The van der Waals surface area contributed by atoms with Gasteiger partial charge in [0.2, 0.25) is 20.0 Å². The third-order valence-corrected chi connectivity index (χ3v) is 8.91. The first-order valence-electron chi connectivity index (χ1n) is 7.83. The lowest BCUT2D eigenvalue weighted by atomic mass is 10.4. The summed E-state index contributed by atoms with van der Waals surface area (Å²) in [6, 6.07) is 9.19. The van der Waals surface area contributed by atoms with Crippen molar-refractivity contribution in [3.63, 3.8) is 0 Å². The Morgan fingerprint density at radius 1 is 0.889 bits per heavy atom. The lowest BCUT2D eigenvalue weighted by Gasteiger charge is -2.33. The molecular formula is C16H15BrClFN2O4S2. The van der Waals surface area contributed by atoms with E-state index in [2.05, 4.69) is 15.9 Å². The Hall–Kier alpha value is -1.04. The summed E-state index contributed by atoms with van der Waals surface area (Å²) in [7, 11) is -7.74. The van der Waals surface area contributed by atoms with Crippen molar-refractivity contribution in [2.75, 3.05) is 26.2 Å². The van der Waals surface area contributed by atoms with E-state index in [4.69, 9.17) is 11.6 Å². The van der Waals surface area contributed by atoms with E-state index in [9.17, 15) is 21.2 Å². The zero-order chi connectivity index (χ0) is 19.8. The molecule has 0 radical (unpaired) electrons. The molecule has 2 aromatic carbocycles. The van der Waals surface area contributed by atoms with Crippen molar-refractivity contribution in [2.45, 2.75) is 9.79 Å². The number of piperazine rings is 1. The molecule has 0 unspecified atom stereocenters. The number of benzene rings is 2. The maximum absolute atomic E-state index is 13.4. The van der Waals surface area contributed by atoms with E-state index in [0.717, 1.165) is 16.4 Å². The maximum Gasteiger partial charge on any atom is 0.244 e. The predicted octanol–water partition coefficient (Wildman–Crippen LogP) is 2.94. The minimum atomic E-state index is -3.89. The molecule has 0 spiro atoms. The Bertz CT molecular complexity index is 1070. The quantitative estimate of drug-likeness (QED) is 0.651. The molecule has 27 heavy (non-hydrogen) atoms. The second kappa shape index (κ2) is 7.76. The highest BCUT2D eigenvalue weighted by atomic mass is 79.9. The Labute approximate surface area is 170 Å². The van der Waals surface area contributed by atoms with Crippen molar-refractivity contribution in [2.24, 2.45) is 0 Å². The van der Waals surface area contributed by atoms with E-state index < -0.39 is 25.9 Å². The molecule has 146 valence electrons. The van der Waals surface area contributed by atoms with Gasteiger partial charge in [0.15, 0.2) is 0 Å². The average molecular weight is 498 g/mol. The molecule has 1 heterocycles. The van der Waals surface area contributed by atoms with Crippen molar-refractivity contribution >= 4 is 47.6 Å². The molecule has 1 aliphatic heterocycles. The van der Waals surface area contributed by atoms with E-state index in [1.807, 2.05) is 0 Å². The molecule has 0 saturated carbocycles. The fraction of sp³-hybridized carbons (Fsp3) is 0.250. The first-order valence-corrected chi connectivity index (χ1v) is 11.9. The van der Waals surface area contributed by atoms with Gasteiger partial charge in [-0.25, -0.2) is 21.2 Å². The summed E-state index contributed by atoms with van der Waals surface area (Å²) in [5.41, 5.74) is 0. The van der Waals surface area contributed by atoms with Gasteiger partial charge in [-0.15, -0.1) is 0 Å². The number of sulfonamides is 2. The molecule has 0 aromatic heterocycles. The molecule has 0 N–H and O–H groups in total. The number of hydrogen-bond acceptors (Lipinski definition) is 4. The molecule has 3 rings (SSSR count). The van der Waals surface area contributed by atoms with Gasteiger partial charge < -0.3 is 0 Å². The summed E-state index contributed by atoms with van der Waals surface area (Å²) in [5.74, 6) is -0.651. The molecule has 0 atom stereocenters.